The van der Waals surface area contributed by atoms with Gasteiger partial charge in [0.15, 0.2) is 0 Å². The highest BCUT2D eigenvalue weighted by Gasteiger charge is 2.33. The van der Waals surface area contributed by atoms with Crippen molar-refractivity contribution in [2.45, 2.75) is 44.6 Å². The fourth-order valence-corrected chi connectivity index (χ4v) is 3.53. The molecule has 0 bridgehead atoms. The molecule has 88 valence electrons. The number of rotatable bonds is 1. The van der Waals surface area contributed by atoms with Crippen LogP contribution in [0.1, 0.15) is 43.2 Å². The normalized spacial score (nSPS) is 19.8. The van der Waals surface area contributed by atoms with Crippen molar-refractivity contribution in [2.75, 3.05) is 0 Å². The number of hydrogen-bond acceptors (Lipinski definition) is 1. The van der Waals surface area contributed by atoms with Gasteiger partial charge in [0.2, 0.25) is 0 Å². The van der Waals surface area contributed by atoms with E-state index < -0.39 is 0 Å². The number of nitrogens with two attached hydrogens (primary N) is 1. The van der Waals surface area contributed by atoms with Crippen LogP contribution in [-0.2, 0) is 5.54 Å². The van der Waals surface area contributed by atoms with Crippen molar-refractivity contribution in [3.05, 3.63) is 33.5 Å². The fraction of sp³-hybridized carbons (Fsp3) is 0.538. The van der Waals surface area contributed by atoms with Gasteiger partial charge in [-0.1, -0.05) is 25.3 Å². The number of halogens is 2. The summed E-state index contributed by atoms with van der Waals surface area (Å²) in [5, 5.41) is 0. The maximum Gasteiger partial charge on any atom is 0.137 e. The molecule has 0 spiro atoms. The Labute approximate surface area is 104 Å². The third kappa shape index (κ3) is 2.03. The second-order valence-electron chi connectivity index (χ2n) is 4.77. The molecule has 0 heterocycles. The van der Waals surface area contributed by atoms with E-state index in [1.54, 1.807) is 0 Å². The van der Waals surface area contributed by atoms with E-state index in [-0.39, 0.29) is 11.4 Å². The molecule has 1 aromatic carbocycles. The van der Waals surface area contributed by atoms with Gasteiger partial charge in [-0.3, -0.25) is 0 Å². The molecule has 16 heavy (non-hydrogen) atoms. The summed E-state index contributed by atoms with van der Waals surface area (Å²) >= 11 is 3.35. The first-order valence-electron chi connectivity index (χ1n) is 5.78. The van der Waals surface area contributed by atoms with Crippen LogP contribution in [0.4, 0.5) is 4.39 Å². The van der Waals surface area contributed by atoms with Gasteiger partial charge < -0.3 is 5.73 Å². The zero-order valence-corrected chi connectivity index (χ0v) is 11.1. The Morgan fingerprint density at radius 2 is 1.88 bits per heavy atom. The second kappa shape index (κ2) is 4.46. The highest BCUT2D eigenvalue weighted by Crippen LogP contribution is 2.40. The first-order valence-corrected chi connectivity index (χ1v) is 6.58. The van der Waals surface area contributed by atoms with Crippen LogP contribution in [0.5, 0.6) is 0 Å². The Morgan fingerprint density at radius 3 is 2.50 bits per heavy atom. The molecule has 2 N–H and O–H groups in total. The van der Waals surface area contributed by atoms with Crippen molar-refractivity contribution in [3.63, 3.8) is 0 Å². The zero-order valence-electron chi connectivity index (χ0n) is 9.52. The highest BCUT2D eigenvalue weighted by molar-refractivity contribution is 9.10. The molecule has 1 aliphatic carbocycles. The minimum Gasteiger partial charge on any atom is -0.321 e. The van der Waals surface area contributed by atoms with Crippen LogP contribution in [-0.4, -0.2) is 0 Å². The first kappa shape index (κ1) is 12.1. The smallest absolute Gasteiger partial charge is 0.137 e. The predicted octanol–water partition coefficient (Wildman–Crippen LogP) is 4.01. The molecule has 0 amide bonds. The van der Waals surface area contributed by atoms with Crippen molar-refractivity contribution >= 4 is 15.9 Å². The van der Waals surface area contributed by atoms with Gasteiger partial charge in [-0.25, -0.2) is 4.39 Å². The number of hydrogen-bond donors (Lipinski definition) is 1. The maximum absolute atomic E-state index is 13.6. The third-order valence-electron chi connectivity index (χ3n) is 3.55. The van der Waals surface area contributed by atoms with E-state index in [4.69, 9.17) is 5.73 Å². The van der Waals surface area contributed by atoms with Gasteiger partial charge in [0.25, 0.3) is 0 Å². The third-order valence-corrected chi connectivity index (χ3v) is 4.32. The van der Waals surface area contributed by atoms with Crippen molar-refractivity contribution in [1.29, 1.82) is 0 Å². The predicted molar refractivity (Wildman–Crippen MR) is 67.8 cm³/mol. The van der Waals surface area contributed by atoms with Gasteiger partial charge in [-0.05, 0) is 52.9 Å². The lowest BCUT2D eigenvalue weighted by atomic mass is 9.76. The summed E-state index contributed by atoms with van der Waals surface area (Å²) in [5.41, 5.74) is 8.16. The summed E-state index contributed by atoms with van der Waals surface area (Å²) in [5.74, 6) is -0.212. The van der Waals surface area contributed by atoms with Crippen molar-refractivity contribution in [2.24, 2.45) is 5.73 Å². The van der Waals surface area contributed by atoms with Gasteiger partial charge in [-0.2, -0.15) is 0 Å². The number of benzene rings is 1. The molecule has 0 aromatic heterocycles. The molecule has 1 nitrogen and oxygen atoms in total. The van der Waals surface area contributed by atoms with Crippen molar-refractivity contribution in [3.8, 4) is 0 Å². The van der Waals surface area contributed by atoms with Crippen LogP contribution in [0, 0.1) is 12.7 Å². The van der Waals surface area contributed by atoms with Crippen LogP contribution in [0.3, 0.4) is 0 Å². The molecule has 0 atom stereocenters. The summed E-state index contributed by atoms with van der Waals surface area (Å²) in [7, 11) is 0. The zero-order chi connectivity index (χ0) is 11.8. The SMILES string of the molecule is Cc1ccc(F)c(Br)c1C1(N)CCCCC1. The summed E-state index contributed by atoms with van der Waals surface area (Å²) in [6, 6.07) is 3.31. The summed E-state index contributed by atoms with van der Waals surface area (Å²) in [6.45, 7) is 2.00. The van der Waals surface area contributed by atoms with Gasteiger partial charge in [0.1, 0.15) is 5.82 Å². The molecular weight excluding hydrogens is 269 g/mol. The van der Waals surface area contributed by atoms with E-state index in [2.05, 4.69) is 15.9 Å². The largest absolute Gasteiger partial charge is 0.321 e. The van der Waals surface area contributed by atoms with E-state index in [1.165, 1.54) is 12.5 Å². The molecule has 2 rings (SSSR count). The van der Waals surface area contributed by atoms with E-state index in [0.29, 0.717) is 4.47 Å². The average molecular weight is 286 g/mol. The van der Waals surface area contributed by atoms with E-state index in [0.717, 1.165) is 36.8 Å². The lowest BCUT2D eigenvalue weighted by Gasteiger charge is -2.36. The Balaban J connectivity index is 2.49. The van der Waals surface area contributed by atoms with E-state index >= 15 is 0 Å². The lowest BCUT2D eigenvalue weighted by Crippen LogP contribution is -2.39. The molecule has 0 unspecified atom stereocenters. The van der Waals surface area contributed by atoms with Crippen LogP contribution in [0.2, 0.25) is 0 Å². The summed E-state index contributed by atoms with van der Waals surface area (Å²) < 4.78 is 14.1. The minimum absolute atomic E-state index is 0.212. The average Bonchev–Trinajstić information content (AvgIpc) is 2.25. The molecular formula is C13H17BrFN. The Bertz CT molecular complexity index is 397. The highest BCUT2D eigenvalue weighted by atomic mass is 79.9. The molecule has 1 fully saturated rings. The molecule has 1 aromatic rings. The minimum atomic E-state index is -0.344. The Morgan fingerprint density at radius 1 is 1.25 bits per heavy atom. The first-order chi connectivity index (χ1) is 7.54. The standard InChI is InChI=1S/C13H17BrFN/c1-9-5-6-10(15)12(14)11(9)13(16)7-3-2-4-8-13/h5-6H,2-4,7-8,16H2,1H3. The maximum atomic E-state index is 13.6. The lowest BCUT2D eigenvalue weighted by molar-refractivity contribution is 0.299. The molecule has 0 saturated heterocycles. The topological polar surface area (TPSA) is 26.0 Å². The molecule has 0 aliphatic heterocycles. The summed E-state index contributed by atoms with van der Waals surface area (Å²) in [6.07, 6.45) is 5.43. The molecule has 1 aliphatic rings. The van der Waals surface area contributed by atoms with Crippen LogP contribution < -0.4 is 5.73 Å². The van der Waals surface area contributed by atoms with Crippen LogP contribution >= 0.6 is 15.9 Å². The van der Waals surface area contributed by atoms with Crippen LogP contribution in [0.15, 0.2) is 16.6 Å². The number of aryl methyl sites for hydroxylation is 1. The quantitative estimate of drug-likeness (QED) is 0.829. The summed E-state index contributed by atoms with van der Waals surface area (Å²) in [4.78, 5) is 0. The van der Waals surface area contributed by atoms with Gasteiger partial charge in [0, 0.05) is 5.54 Å². The molecule has 0 radical (unpaired) electrons. The van der Waals surface area contributed by atoms with E-state index in [1.807, 2.05) is 13.0 Å². The second-order valence-corrected chi connectivity index (χ2v) is 5.56. The van der Waals surface area contributed by atoms with Gasteiger partial charge >= 0.3 is 0 Å². The monoisotopic (exact) mass is 285 g/mol. The Kier molecular flexibility index (Phi) is 3.36. The van der Waals surface area contributed by atoms with E-state index in [9.17, 15) is 4.39 Å². The Hall–Kier alpha value is -0.410. The van der Waals surface area contributed by atoms with Crippen molar-refractivity contribution in [1.82, 2.24) is 0 Å². The fourth-order valence-electron chi connectivity index (χ4n) is 2.69. The molecule has 1 saturated carbocycles. The van der Waals surface area contributed by atoms with Crippen molar-refractivity contribution < 1.29 is 4.39 Å². The van der Waals surface area contributed by atoms with Gasteiger partial charge in [-0.15, -0.1) is 0 Å². The molecule has 3 heteroatoms. The van der Waals surface area contributed by atoms with Gasteiger partial charge in [0.05, 0.1) is 4.47 Å². The van der Waals surface area contributed by atoms with Crippen LogP contribution in [0.25, 0.3) is 0 Å².